The molecule has 4 rings (SSSR count). The lowest BCUT2D eigenvalue weighted by Crippen LogP contribution is -2.11. The molecule has 0 spiro atoms. The molecule has 8 nitrogen and oxygen atoms in total. The Morgan fingerprint density at radius 3 is 2.50 bits per heavy atom. The SMILES string of the molecule is CCn1c(-c2ccc(-c3c(C#N)on(C)c3=O)cc2)cc2cc(C)nc(C(=O)O)c21. The number of nitriles is 1. The van der Waals surface area contributed by atoms with Gasteiger partial charge in [-0.3, -0.25) is 4.79 Å². The maximum Gasteiger partial charge on any atom is 0.356 e. The van der Waals surface area contributed by atoms with Gasteiger partial charge in [-0.1, -0.05) is 24.3 Å². The van der Waals surface area contributed by atoms with E-state index in [9.17, 15) is 20.0 Å². The number of hydrogen-bond donors (Lipinski definition) is 1. The first-order valence-electron chi connectivity index (χ1n) is 9.31. The molecule has 1 N–H and O–H groups in total. The number of nitrogens with zero attached hydrogens (tertiary/aromatic N) is 4. The monoisotopic (exact) mass is 402 g/mol. The van der Waals surface area contributed by atoms with Crippen LogP contribution >= 0.6 is 0 Å². The van der Waals surface area contributed by atoms with Gasteiger partial charge in [0.15, 0.2) is 5.69 Å². The Labute approximate surface area is 171 Å². The van der Waals surface area contributed by atoms with Gasteiger partial charge in [-0.2, -0.15) is 10.0 Å². The average molecular weight is 402 g/mol. The Kier molecular flexibility index (Phi) is 4.51. The summed E-state index contributed by atoms with van der Waals surface area (Å²) < 4.78 is 8.11. The highest BCUT2D eigenvalue weighted by atomic mass is 16.5. The molecule has 0 aliphatic carbocycles. The van der Waals surface area contributed by atoms with Crippen molar-refractivity contribution in [1.29, 1.82) is 5.26 Å². The molecule has 0 aliphatic heterocycles. The van der Waals surface area contributed by atoms with Crippen molar-refractivity contribution in [2.45, 2.75) is 20.4 Å². The first-order chi connectivity index (χ1) is 14.3. The number of carboxylic acid groups (broad SMARTS) is 1. The minimum absolute atomic E-state index is 0.0234. The molecule has 0 radical (unpaired) electrons. The molecular weight excluding hydrogens is 384 g/mol. The van der Waals surface area contributed by atoms with E-state index in [0.717, 1.165) is 21.4 Å². The van der Waals surface area contributed by atoms with Crippen LogP contribution in [0.5, 0.6) is 0 Å². The fourth-order valence-electron chi connectivity index (χ4n) is 3.76. The van der Waals surface area contributed by atoms with Gasteiger partial charge in [-0.25, -0.2) is 9.78 Å². The molecular formula is C22H18N4O4. The lowest BCUT2D eigenvalue weighted by atomic mass is 10.0. The predicted octanol–water partition coefficient (Wildman–Crippen LogP) is 3.56. The van der Waals surface area contributed by atoms with E-state index in [1.807, 2.05) is 41.8 Å². The quantitative estimate of drug-likeness (QED) is 0.558. The summed E-state index contributed by atoms with van der Waals surface area (Å²) in [5, 5.41) is 19.6. The van der Waals surface area contributed by atoms with Crippen LogP contribution in [0.25, 0.3) is 33.3 Å². The van der Waals surface area contributed by atoms with Gasteiger partial charge >= 0.3 is 5.97 Å². The normalized spacial score (nSPS) is 11.0. The highest BCUT2D eigenvalue weighted by molar-refractivity contribution is 6.02. The number of aryl methyl sites for hydroxylation is 3. The van der Waals surface area contributed by atoms with Crippen molar-refractivity contribution < 1.29 is 14.4 Å². The van der Waals surface area contributed by atoms with Gasteiger partial charge in [-0.05, 0) is 37.1 Å². The van der Waals surface area contributed by atoms with Crippen LogP contribution in [0.4, 0.5) is 0 Å². The summed E-state index contributed by atoms with van der Waals surface area (Å²) in [5.74, 6) is -1.11. The van der Waals surface area contributed by atoms with Crippen molar-refractivity contribution in [3.05, 3.63) is 63.9 Å². The predicted molar refractivity (Wildman–Crippen MR) is 110 cm³/mol. The van der Waals surface area contributed by atoms with Gasteiger partial charge in [-0.15, -0.1) is 0 Å². The van der Waals surface area contributed by atoms with E-state index < -0.39 is 5.97 Å². The largest absolute Gasteiger partial charge is 0.476 e. The van der Waals surface area contributed by atoms with Crippen LogP contribution in [0.15, 0.2) is 45.7 Å². The van der Waals surface area contributed by atoms with Crippen molar-refractivity contribution in [2.24, 2.45) is 7.05 Å². The van der Waals surface area contributed by atoms with E-state index >= 15 is 0 Å². The summed E-state index contributed by atoms with van der Waals surface area (Å²) in [7, 11) is 1.46. The third kappa shape index (κ3) is 2.88. The van der Waals surface area contributed by atoms with Crippen molar-refractivity contribution in [2.75, 3.05) is 0 Å². The third-order valence-corrected chi connectivity index (χ3v) is 5.05. The molecule has 0 saturated carbocycles. The zero-order chi connectivity index (χ0) is 21.6. The molecule has 8 heteroatoms. The third-order valence-electron chi connectivity index (χ3n) is 5.05. The molecule has 0 saturated heterocycles. The number of hydrogen-bond acceptors (Lipinski definition) is 5. The molecule has 3 heterocycles. The second-order valence-corrected chi connectivity index (χ2v) is 6.92. The summed E-state index contributed by atoms with van der Waals surface area (Å²) in [4.78, 5) is 28.2. The van der Waals surface area contributed by atoms with Crippen molar-refractivity contribution in [1.82, 2.24) is 14.3 Å². The second kappa shape index (κ2) is 7.04. The second-order valence-electron chi connectivity index (χ2n) is 6.92. The summed E-state index contributed by atoms with van der Waals surface area (Å²) >= 11 is 0. The van der Waals surface area contributed by atoms with E-state index in [4.69, 9.17) is 4.52 Å². The van der Waals surface area contributed by atoms with E-state index in [1.54, 1.807) is 19.1 Å². The first kappa shape index (κ1) is 19.2. The molecule has 150 valence electrons. The average Bonchev–Trinajstić information content (AvgIpc) is 3.24. The van der Waals surface area contributed by atoms with Crippen LogP contribution in [-0.2, 0) is 13.6 Å². The number of pyridine rings is 1. The molecule has 0 aliphatic rings. The summed E-state index contributed by atoms with van der Waals surface area (Å²) in [5.41, 5.74) is 3.34. The van der Waals surface area contributed by atoms with Gasteiger partial charge in [0.05, 0.1) is 5.52 Å². The number of carboxylic acids is 1. The molecule has 0 amide bonds. The van der Waals surface area contributed by atoms with Crippen LogP contribution in [0, 0.1) is 18.3 Å². The number of aromatic carboxylic acids is 1. The molecule has 0 atom stereocenters. The number of fused-ring (bicyclic) bond motifs is 1. The number of carbonyl (C=O) groups is 1. The van der Waals surface area contributed by atoms with E-state index in [2.05, 4.69) is 4.98 Å². The fourth-order valence-corrected chi connectivity index (χ4v) is 3.76. The lowest BCUT2D eigenvalue weighted by Gasteiger charge is -2.10. The molecule has 0 unspecified atom stereocenters. The Morgan fingerprint density at radius 1 is 1.23 bits per heavy atom. The van der Waals surface area contributed by atoms with Gasteiger partial charge in [0, 0.05) is 30.4 Å². The van der Waals surface area contributed by atoms with Crippen LogP contribution < -0.4 is 5.56 Å². The van der Waals surface area contributed by atoms with E-state index in [0.29, 0.717) is 23.3 Å². The van der Waals surface area contributed by atoms with Gasteiger partial charge in [0.2, 0.25) is 5.76 Å². The zero-order valence-corrected chi connectivity index (χ0v) is 16.6. The first-order valence-corrected chi connectivity index (χ1v) is 9.31. The molecule has 0 bridgehead atoms. The minimum atomic E-state index is -1.07. The maximum absolute atomic E-state index is 12.3. The van der Waals surface area contributed by atoms with Gasteiger partial charge < -0.3 is 14.2 Å². The summed E-state index contributed by atoms with van der Waals surface area (Å²) in [6, 6.07) is 12.9. The van der Waals surface area contributed by atoms with Crippen molar-refractivity contribution in [3.8, 4) is 28.5 Å². The van der Waals surface area contributed by atoms with Gasteiger partial charge in [0.25, 0.3) is 5.56 Å². The maximum atomic E-state index is 12.3. The molecule has 30 heavy (non-hydrogen) atoms. The Morgan fingerprint density at radius 2 is 1.90 bits per heavy atom. The highest BCUT2D eigenvalue weighted by Gasteiger charge is 2.20. The smallest absolute Gasteiger partial charge is 0.356 e. The molecule has 4 aromatic rings. The Balaban J connectivity index is 1.88. The van der Waals surface area contributed by atoms with E-state index in [-0.39, 0.29) is 22.6 Å². The number of rotatable bonds is 4. The highest BCUT2D eigenvalue weighted by Crippen LogP contribution is 2.32. The Bertz CT molecular complexity index is 1400. The van der Waals surface area contributed by atoms with Crippen molar-refractivity contribution in [3.63, 3.8) is 0 Å². The summed E-state index contributed by atoms with van der Waals surface area (Å²) in [6.45, 7) is 4.27. The standard InChI is InChI=1S/C22H18N4O4/c1-4-26-16(10-15-9-12(2)24-19(20(15)26)22(28)29)13-5-7-14(8-6-13)18-17(11-23)30-25(3)21(18)27/h5-10H,4H2,1-3H3,(H,28,29). The zero-order valence-electron chi connectivity index (χ0n) is 16.6. The number of aromatic nitrogens is 3. The van der Waals surface area contributed by atoms with Gasteiger partial charge in [0.1, 0.15) is 11.6 Å². The Hall–Kier alpha value is -4.12. The fraction of sp³-hybridized carbons (Fsp3) is 0.182. The van der Waals surface area contributed by atoms with Crippen molar-refractivity contribution >= 4 is 16.9 Å². The van der Waals surface area contributed by atoms with Crippen LogP contribution in [-0.4, -0.2) is 25.4 Å². The topological polar surface area (TPSA) is 114 Å². The van der Waals surface area contributed by atoms with Crippen LogP contribution in [0.3, 0.4) is 0 Å². The van der Waals surface area contributed by atoms with Crippen LogP contribution in [0.1, 0.15) is 28.9 Å². The molecule has 0 fully saturated rings. The summed E-state index contributed by atoms with van der Waals surface area (Å²) in [6.07, 6.45) is 0. The van der Waals surface area contributed by atoms with Crippen LogP contribution in [0.2, 0.25) is 0 Å². The van der Waals surface area contributed by atoms with E-state index in [1.165, 1.54) is 7.05 Å². The molecule has 1 aromatic carbocycles. The lowest BCUT2D eigenvalue weighted by molar-refractivity contribution is 0.0692. The molecule has 3 aromatic heterocycles. The number of benzene rings is 1. The minimum Gasteiger partial charge on any atom is -0.476 e.